The standard InChI is InChI=1S/C20H28F4O6S/c21-19(22,20(23,24)31(27,28)29)5-6-30-15(25)16-8-13-7-14(9-16)11-17(10-13,12-16)18(26)3-1-2-4-18/h13-14,26H,1-12H2,(H,27,28,29). The maximum Gasteiger partial charge on any atom is 0.431 e. The Bertz CT molecular complexity index is 838. The van der Waals surface area contributed by atoms with Crippen LogP contribution in [0.4, 0.5) is 17.6 Å². The highest BCUT2D eigenvalue weighted by molar-refractivity contribution is 7.87. The molecule has 0 aromatic rings. The molecule has 2 unspecified atom stereocenters. The van der Waals surface area contributed by atoms with Crippen LogP contribution in [0.25, 0.3) is 0 Å². The van der Waals surface area contributed by atoms with Crippen LogP contribution in [-0.2, 0) is 19.6 Å². The molecule has 0 amide bonds. The summed E-state index contributed by atoms with van der Waals surface area (Å²) < 4.78 is 88.8. The highest BCUT2D eigenvalue weighted by Crippen LogP contribution is 2.70. The smallest absolute Gasteiger partial charge is 0.431 e. The predicted octanol–water partition coefficient (Wildman–Crippen LogP) is 3.93. The van der Waals surface area contributed by atoms with Crippen molar-refractivity contribution in [3.05, 3.63) is 0 Å². The van der Waals surface area contributed by atoms with E-state index in [1.165, 1.54) is 0 Å². The second kappa shape index (κ2) is 7.03. The van der Waals surface area contributed by atoms with Crippen molar-refractivity contribution >= 4 is 16.1 Å². The number of hydrogen-bond acceptors (Lipinski definition) is 5. The maximum atomic E-state index is 13.7. The van der Waals surface area contributed by atoms with Gasteiger partial charge in [0.2, 0.25) is 0 Å². The predicted molar refractivity (Wildman–Crippen MR) is 100.0 cm³/mol. The Morgan fingerprint density at radius 1 is 1.03 bits per heavy atom. The summed E-state index contributed by atoms with van der Waals surface area (Å²) in [4.78, 5) is 13.0. The van der Waals surface area contributed by atoms with Gasteiger partial charge in [-0.2, -0.15) is 26.0 Å². The lowest BCUT2D eigenvalue weighted by Gasteiger charge is -2.64. The fourth-order valence-electron chi connectivity index (χ4n) is 7.30. The van der Waals surface area contributed by atoms with E-state index in [1.54, 1.807) is 0 Å². The first-order valence-electron chi connectivity index (χ1n) is 10.8. The Morgan fingerprint density at radius 2 is 1.58 bits per heavy atom. The molecule has 11 heteroatoms. The SMILES string of the molecule is O=C(OCCC(F)(F)C(F)(F)S(=O)(=O)O)C12CC3CC(C1)CC(C1(O)CCCC1)(C3)C2. The van der Waals surface area contributed by atoms with Crippen molar-refractivity contribution in [1.82, 2.24) is 0 Å². The molecule has 178 valence electrons. The van der Waals surface area contributed by atoms with Gasteiger partial charge in [-0.25, -0.2) is 0 Å². The number of carbonyl (C=O) groups excluding carboxylic acids is 1. The van der Waals surface area contributed by atoms with Crippen LogP contribution in [0.5, 0.6) is 0 Å². The Labute approximate surface area is 178 Å². The van der Waals surface area contributed by atoms with Crippen LogP contribution in [0.3, 0.4) is 0 Å². The second-order valence-electron chi connectivity index (χ2n) is 10.3. The summed E-state index contributed by atoms with van der Waals surface area (Å²) in [5.74, 6) is -5.38. The third-order valence-electron chi connectivity index (χ3n) is 8.31. The first kappa shape index (κ1) is 23.2. The lowest BCUT2D eigenvalue weighted by atomic mass is 9.40. The first-order chi connectivity index (χ1) is 14.2. The number of rotatable bonds is 7. The number of aliphatic hydroxyl groups is 1. The highest BCUT2D eigenvalue weighted by Gasteiger charge is 2.68. The van der Waals surface area contributed by atoms with Crippen molar-refractivity contribution in [3.8, 4) is 0 Å². The quantitative estimate of drug-likeness (QED) is 0.331. The first-order valence-corrected chi connectivity index (χ1v) is 12.2. The van der Waals surface area contributed by atoms with Gasteiger partial charge in [-0.1, -0.05) is 12.8 Å². The molecule has 5 saturated carbocycles. The zero-order valence-corrected chi connectivity index (χ0v) is 17.9. The highest BCUT2D eigenvalue weighted by atomic mass is 32.2. The molecule has 5 aliphatic rings. The molecule has 4 bridgehead atoms. The fraction of sp³-hybridized carbons (Fsp3) is 0.950. The van der Waals surface area contributed by atoms with E-state index < -0.39 is 56.7 Å². The van der Waals surface area contributed by atoms with E-state index in [4.69, 9.17) is 9.29 Å². The third-order valence-corrected chi connectivity index (χ3v) is 9.26. The molecule has 0 radical (unpaired) electrons. The molecule has 0 aromatic carbocycles. The van der Waals surface area contributed by atoms with Gasteiger partial charge in [0.05, 0.1) is 24.0 Å². The Morgan fingerprint density at radius 3 is 2.10 bits per heavy atom. The summed E-state index contributed by atoms with van der Waals surface area (Å²) in [6.45, 7) is -1.09. The molecule has 5 rings (SSSR count). The Kier molecular flexibility index (Phi) is 5.27. The zero-order valence-electron chi connectivity index (χ0n) is 17.1. The van der Waals surface area contributed by atoms with E-state index in [1.807, 2.05) is 0 Å². The number of esters is 1. The van der Waals surface area contributed by atoms with Crippen molar-refractivity contribution in [2.75, 3.05) is 6.61 Å². The zero-order chi connectivity index (χ0) is 22.9. The summed E-state index contributed by atoms with van der Waals surface area (Å²) in [7, 11) is -6.32. The van der Waals surface area contributed by atoms with Crippen LogP contribution < -0.4 is 0 Å². The molecular formula is C20H28F4O6S. The van der Waals surface area contributed by atoms with E-state index in [0.717, 1.165) is 32.1 Å². The molecular weight excluding hydrogens is 444 g/mol. The molecule has 0 saturated heterocycles. The molecule has 0 spiro atoms. The van der Waals surface area contributed by atoms with E-state index in [9.17, 15) is 35.9 Å². The minimum atomic E-state index is -6.32. The average Bonchev–Trinajstić information content (AvgIpc) is 3.08. The van der Waals surface area contributed by atoms with Crippen LogP contribution in [0.2, 0.25) is 0 Å². The largest absolute Gasteiger partial charge is 0.465 e. The number of alkyl halides is 4. The van der Waals surface area contributed by atoms with Crippen LogP contribution in [0.1, 0.15) is 70.6 Å². The van der Waals surface area contributed by atoms with Crippen LogP contribution in [0.15, 0.2) is 0 Å². The number of carbonyl (C=O) groups is 1. The van der Waals surface area contributed by atoms with E-state index in [0.29, 0.717) is 32.1 Å². The minimum Gasteiger partial charge on any atom is -0.465 e. The minimum absolute atomic E-state index is 0.226. The summed E-state index contributed by atoms with van der Waals surface area (Å²) in [5.41, 5.74) is -2.18. The number of halogens is 4. The molecule has 2 atom stereocenters. The van der Waals surface area contributed by atoms with Gasteiger partial charge < -0.3 is 9.84 Å². The Hall–Kier alpha value is -0.940. The van der Waals surface area contributed by atoms with Gasteiger partial charge >= 0.3 is 27.3 Å². The van der Waals surface area contributed by atoms with Crippen LogP contribution in [-0.4, -0.2) is 47.4 Å². The van der Waals surface area contributed by atoms with Crippen molar-refractivity contribution in [1.29, 1.82) is 0 Å². The normalized spacial score (nSPS) is 37.2. The monoisotopic (exact) mass is 472 g/mol. The van der Waals surface area contributed by atoms with Crippen molar-refractivity contribution in [2.45, 2.75) is 87.4 Å². The van der Waals surface area contributed by atoms with Gasteiger partial charge in [-0.15, -0.1) is 0 Å². The van der Waals surface area contributed by atoms with Gasteiger partial charge in [0.1, 0.15) is 0 Å². The van der Waals surface area contributed by atoms with Crippen molar-refractivity contribution in [3.63, 3.8) is 0 Å². The topological polar surface area (TPSA) is 101 Å². The van der Waals surface area contributed by atoms with Crippen LogP contribution >= 0.6 is 0 Å². The lowest BCUT2D eigenvalue weighted by molar-refractivity contribution is -0.218. The molecule has 0 aromatic heterocycles. The summed E-state index contributed by atoms with van der Waals surface area (Å²) >= 11 is 0. The summed E-state index contributed by atoms with van der Waals surface area (Å²) in [5, 5.41) is 5.71. The van der Waals surface area contributed by atoms with Gasteiger partial charge in [-0.05, 0) is 63.2 Å². The lowest BCUT2D eigenvalue weighted by Crippen LogP contribution is -2.62. The molecule has 5 fully saturated rings. The molecule has 6 nitrogen and oxygen atoms in total. The van der Waals surface area contributed by atoms with Crippen molar-refractivity contribution in [2.24, 2.45) is 22.7 Å². The fourth-order valence-corrected chi connectivity index (χ4v) is 7.77. The van der Waals surface area contributed by atoms with Crippen molar-refractivity contribution < 1.29 is 45.2 Å². The van der Waals surface area contributed by atoms with E-state index >= 15 is 0 Å². The number of hydrogen-bond donors (Lipinski definition) is 2. The van der Waals surface area contributed by atoms with Gasteiger partial charge in [-0.3, -0.25) is 9.35 Å². The maximum absolute atomic E-state index is 13.7. The van der Waals surface area contributed by atoms with Gasteiger partial charge in [0.15, 0.2) is 0 Å². The molecule has 0 aliphatic heterocycles. The molecule has 31 heavy (non-hydrogen) atoms. The molecule has 5 aliphatic carbocycles. The van der Waals surface area contributed by atoms with E-state index in [-0.39, 0.29) is 11.8 Å². The van der Waals surface area contributed by atoms with E-state index in [2.05, 4.69) is 0 Å². The summed E-state index contributed by atoms with van der Waals surface area (Å²) in [6, 6.07) is 0. The average molecular weight is 472 g/mol. The Balaban J connectivity index is 1.47. The molecule has 0 heterocycles. The number of ether oxygens (including phenoxy) is 1. The third kappa shape index (κ3) is 3.49. The van der Waals surface area contributed by atoms with Crippen LogP contribution in [0, 0.1) is 22.7 Å². The second-order valence-corrected chi connectivity index (χ2v) is 11.8. The van der Waals surface area contributed by atoms with Gasteiger partial charge in [0.25, 0.3) is 0 Å². The summed E-state index contributed by atoms with van der Waals surface area (Å²) in [6.07, 6.45) is 5.51. The van der Waals surface area contributed by atoms with Gasteiger partial charge in [0, 0.05) is 5.41 Å². The molecule has 2 N–H and O–H groups in total.